The molecule has 3 aromatic carbocycles. The lowest BCUT2D eigenvalue weighted by molar-refractivity contribution is -0.131. The van der Waals surface area contributed by atoms with E-state index in [2.05, 4.69) is 38.7 Å². The van der Waals surface area contributed by atoms with Crippen molar-refractivity contribution in [2.75, 3.05) is 58.3 Å². The van der Waals surface area contributed by atoms with Crippen LogP contribution in [0, 0.1) is 5.92 Å². The van der Waals surface area contributed by atoms with Crippen molar-refractivity contribution in [1.82, 2.24) is 31.5 Å². The maximum absolute atomic E-state index is 14.6. The molecule has 18 heteroatoms. The highest BCUT2D eigenvalue weighted by Gasteiger charge is 2.37. The Bertz CT molecular complexity index is 2000. The maximum atomic E-state index is 14.6. The molecule has 0 aromatic heterocycles. The lowest BCUT2D eigenvalue weighted by Crippen LogP contribution is -2.59. The van der Waals surface area contributed by atoms with Crippen molar-refractivity contribution in [3.8, 4) is 11.1 Å². The zero-order chi connectivity index (χ0) is 46.6. The zero-order valence-electron chi connectivity index (χ0n) is 37.1. The van der Waals surface area contributed by atoms with Crippen molar-refractivity contribution in [2.24, 2.45) is 17.4 Å². The first kappa shape index (κ1) is 50.1. The van der Waals surface area contributed by atoms with Gasteiger partial charge in [-0.15, -0.1) is 0 Å². The molecule has 64 heavy (non-hydrogen) atoms. The van der Waals surface area contributed by atoms with E-state index in [0.717, 1.165) is 22.3 Å². The Morgan fingerprint density at radius 2 is 1.44 bits per heavy atom. The molecular formula is C46H63N9O9. The number of likely N-dealkylation sites (N-methyl/N-ethyl adjacent to an activating group) is 2. The number of urea groups is 1. The average molecular weight is 886 g/mol. The number of hydrogen-bond acceptors (Lipinski definition) is 11. The standard InChI is InChI=1S/C46H63N9O9/c1-30(2)40(43(59)55(39(41(47)57)17-11-23-51-44(48)60)32-20-18-31(19-21-32)28-64-46(62)54(4)26-24-49-3)53-42(58)38(50-25-27-56)16-9-10-22-52-45(61)63-29-37-35-14-7-5-12-33(35)34-13-6-8-15-36(34)37/h5-8,12-15,18-21,27,30,37-40,49-50H,9-11,16-17,22-26,28-29H2,1-4H3,(H2,47,57)(H,52,61)(H,53,58)(H3,48,51,60)/t38-,39+,40-/m0/s1. The first-order chi connectivity index (χ1) is 30.8. The van der Waals surface area contributed by atoms with E-state index in [0.29, 0.717) is 37.8 Å². The number of unbranched alkanes of at least 4 members (excludes halogenated alkanes) is 1. The Hall–Kier alpha value is -6.53. The lowest BCUT2D eigenvalue weighted by Gasteiger charge is -2.35. The van der Waals surface area contributed by atoms with Gasteiger partial charge < -0.3 is 51.9 Å². The predicted molar refractivity (Wildman–Crippen MR) is 242 cm³/mol. The number of benzene rings is 3. The van der Waals surface area contributed by atoms with Gasteiger partial charge in [0.2, 0.25) is 11.8 Å². The number of aldehydes is 1. The van der Waals surface area contributed by atoms with Crippen molar-refractivity contribution in [2.45, 2.75) is 76.6 Å². The van der Waals surface area contributed by atoms with Crippen LogP contribution in [-0.4, -0.2) is 119 Å². The fourth-order valence-electron chi connectivity index (χ4n) is 7.49. The summed E-state index contributed by atoms with van der Waals surface area (Å²) in [5, 5.41) is 14.0. The minimum atomic E-state index is -1.20. The third-order valence-corrected chi connectivity index (χ3v) is 10.9. The third kappa shape index (κ3) is 14.5. The maximum Gasteiger partial charge on any atom is 0.409 e. The van der Waals surface area contributed by atoms with Crippen molar-refractivity contribution in [3.05, 3.63) is 89.5 Å². The van der Waals surface area contributed by atoms with E-state index in [-0.39, 0.29) is 63.7 Å². The van der Waals surface area contributed by atoms with Gasteiger partial charge in [0.15, 0.2) is 0 Å². The number of carbonyl (C=O) groups excluding carboxylic acids is 7. The summed E-state index contributed by atoms with van der Waals surface area (Å²) < 4.78 is 11.1. The number of fused-ring (bicyclic) bond motifs is 3. The van der Waals surface area contributed by atoms with Gasteiger partial charge in [-0.1, -0.05) is 74.5 Å². The highest BCUT2D eigenvalue weighted by molar-refractivity contribution is 6.04. The molecule has 0 unspecified atom stereocenters. The van der Waals surface area contributed by atoms with Gasteiger partial charge in [0, 0.05) is 44.8 Å². The molecule has 0 bridgehead atoms. The fourth-order valence-corrected chi connectivity index (χ4v) is 7.49. The predicted octanol–water partition coefficient (Wildman–Crippen LogP) is 3.12. The third-order valence-electron chi connectivity index (χ3n) is 10.9. The monoisotopic (exact) mass is 885 g/mol. The number of ether oxygens (including phenoxy) is 2. The Labute approximate surface area is 374 Å². The van der Waals surface area contributed by atoms with Crippen molar-refractivity contribution < 1.29 is 43.0 Å². The van der Waals surface area contributed by atoms with Gasteiger partial charge in [-0.25, -0.2) is 14.4 Å². The lowest BCUT2D eigenvalue weighted by atomic mass is 9.98. The van der Waals surface area contributed by atoms with Crippen LogP contribution >= 0.6 is 0 Å². The molecule has 0 heterocycles. The average Bonchev–Trinajstić information content (AvgIpc) is 3.60. The number of amides is 7. The van der Waals surface area contributed by atoms with Crippen LogP contribution in [0.2, 0.25) is 0 Å². The number of carbonyl (C=O) groups is 7. The first-order valence-corrected chi connectivity index (χ1v) is 21.6. The molecule has 1 aliphatic carbocycles. The van der Waals surface area contributed by atoms with E-state index < -0.39 is 60.0 Å². The summed E-state index contributed by atoms with van der Waals surface area (Å²) in [5.41, 5.74) is 16.5. The summed E-state index contributed by atoms with van der Waals surface area (Å²) in [6.45, 7) is 4.90. The van der Waals surface area contributed by atoms with E-state index in [4.69, 9.17) is 20.9 Å². The molecule has 346 valence electrons. The number of nitrogens with two attached hydrogens (primary N) is 2. The summed E-state index contributed by atoms with van der Waals surface area (Å²) in [7, 11) is 3.40. The van der Waals surface area contributed by atoms with E-state index in [1.165, 1.54) is 9.80 Å². The van der Waals surface area contributed by atoms with Crippen LogP contribution in [0.5, 0.6) is 0 Å². The van der Waals surface area contributed by atoms with Crippen molar-refractivity contribution in [3.63, 3.8) is 0 Å². The smallest absolute Gasteiger partial charge is 0.409 e. The molecule has 0 fully saturated rings. The summed E-state index contributed by atoms with van der Waals surface area (Å²) >= 11 is 0. The molecule has 4 rings (SSSR count). The molecule has 0 radical (unpaired) electrons. The van der Waals surface area contributed by atoms with Crippen LogP contribution in [-0.2, 0) is 35.3 Å². The second-order valence-electron chi connectivity index (χ2n) is 15.9. The van der Waals surface area contributed by atoms with Crippen LogP contribution in [0.1, 0.15) is 68.6 Å². The van der Waals surface area contributed by atoms with E-state index in [1.54, 1.807) is 52.2 Å². The fraction of sp³-hybridized carbons (Fsp3) is 0.457. The van der Waals surface area contributed by atoms with Crippen LogP contribution in [0.3, 0.4) is 0 Å². The Morgan fingerprint density at radius 1 is 0.797 bits per heavy atom. The number of rotatable bonds is 26. The zero-order valence-corrected chi connectivity index (χ0v) is 37.1. The molecule has 0 saturated heterocycles. The van der Waals surface area contributed by atoms with E-state index in [1.807, 2.05) is 36.4 Å². The highest BCUT2D eigenvalue weighted by atomic mass is 16.6. The quantitative estimate of drug-likeness (QED) is 0.0455. The number of nitrogens with zero attached hydrogens (tertiary/aromatic N) is 2. The van der Waals surface area contributed by atoms with Gasteiger partial charge in [0.25, 0.3) is 5.91 Å². The molecule has 1 aliphatic rings. The minimum Gasteiger partial charge on any atom is -0.449 e. The Balaban J connectivity index is 1.40. The minimum absolute atomic E-state index is 0.0476. The Morgan fingerprint density at radius 3 is 2.03 bits per heavy atom. The highest BCUT2D eigenvalue weighted by Crippen LogP contribution is 2.44. The molecule has 0 spiro atoms. The molecule has 7 amide bonds. The number of primary amides is 2. The van der Waals surface area contributed by atoms with Gasteiger partial charge >= 0.3 is 18.2 Å². The van der Waals surface area contributed by atoms with E-state index in [9.17, 15) is 33.6 Å². The van der Waals surface area contributed by atoms with Gasteiger partial charge in [-0.3, -0.25) is 24.6 Å². The molecule has 18 nitrogen and oxygen atoms in total. The molecule has 3 aromatic rings. The largest absolute Gasteiger partial charge is 0.449 e. The first-order valence-electron chi connectivity index (χ1n) is 21.6. The van der Waals surface area contributed by atoms with Crippen molar-refractivity contribution in [1.29, 1.82) is 0 Å². The Kier molecular flexibility index (Phi) is 20.0. The molecular weight excluding hydrogens is 823 g/mol. The van der Waals surface area contributed by atoms with E-state index >= 15 is 0 Å². The normalized spacial score (nSPS) is 13.1. The number of hydrogen-bond donors (Lipinski definition) is 7. The van der Waals surface area contributed by atoms with Crippen molar-refractivity contribution >= 4 is 47.9 Å². The van der Waals surface area contributed by atoms with Gasteiger partial charge in [-0.2, -0.15) is 0 Å². The molecule has 9 N–H and O–H groups in total. The molecule has 0 saturated carbocycles. The summed E-state index contributed by atoms with van der Waals surface area (Å²) in [6, 6.07) is 18.6. The van der Waals surface area contributed by atoms with Crippen LogP contribution < -0.4 is 43.0 Å². The number of nitrogens with one attached hydrogen (secondary N) is 5. The number of anilines is 1. The summed E-state index contributed by atoms with van der Waals surface area (Å²) in [5.74, 6) is -2.54. The van der Waals surface area contributed by atoms with Gasteiger partial charge in [0.1, 0.15) is 31.6 Å². The van der Waals surface area contributed by atoms with Crippen LogP contribution in [0.4, 0.5) is 20.1 Å². The summed E-state index contributed by atoms with van der Waals surface area (Å²) in [4.78, 5) is 92.2. The molecule has 0 aliphatic heterocycles. The van der Waals surface area contributed by atoms with Gasteiger partial charge in [0.05, 0.1) is 12.6 Å². The second-order valence-corrected chi connectivity index (χ2v) is 15.9. The SMILES string of the molecule is CNCCN(C)C(=O)OCc1ccc(N(C(=O)[C@@H](NC(=O)[C@H](CCCCNC(=O)OCC2c3ccccc3-c3ccccc32)NCC=O)C(C)C)[C@H](CCCNC(N)=O)C(N)=O)cc1. The number of alkyl carbamates (subject to hydrolysis) is 1. The van der Waals surface area contributed by atoms with Crippen LogP contribution in [0.25, 0.3) is 11.1 Å². The topological polar surface area (TPSA) is 257 Å². The summed E-state index contributed by atoms with van der Waals surface area (Å²) in [6.07, 6.45) is 1.07. The second kappa shape index (κ2) is 25.5. The molecule has 3 atom stereocenters. The van der Waals surface area contributed by atoms with Crippen LogP contribution in [0.15, 0.2) is 72.8 Å². The van der Waals surface area contributed by atoms with Gasteiger partial charge in [-0.05, 0) is 85.0 Å².